The van der Waals surface area contributed by atoms with Crippen molar-refractivity contribution in [3.8, 4) is 5.75 Å². The number of halogens is 3. The molecule has 1 atom stereocenters. The van der Waals surface area contributed by atoms with Crippen LogP contribution in [0.25, 0.3) is 12.2 Å². The van der Waals surface area contributed by atoms with Gasteiger partial charge in [-0.2, -0.15) is 0 Å². The van der Waals surface area contributed by atoms with Gasteiger partial charge in [0.05, 0.1) is 18.8 Å². The number of benzene rings is 2. The molecule has 0 radical (unpaired) electrons. The maximum atomic E-state index is 14.2. The molecular formula is C28H30ClF2NO7S. The fourth-order valence-corrected chi connectivity index (χ4v) is 6.05. The first-order valence-corrected chi connectivity index (χ1v) is 14.1. The Balaban J connectivity index is 2.10. The number of carboxylic acid groups (broad SMARTS) is 1. The number of aliphatic hydroxyl groups is 1. The highest BCUT2D eigenvalue weighted by molar-refractivity contribution is 7.96. The van der Waals surface area contributed by atoms with Crippen LogP contribution in [0.15, 0.2) is 59.7 Å². The third kappa shape index (κ3) is 7.21. The summed E-state index contributed by atoms with van der Waals surface area (Å²) in [6, 6.07) is 8.86. The van der Waals surface area contributed by atoms with Crippen molar-refractivity contribution in [2.24, 2.45) is 0 Å². The second-order valence-electron chi connectivity index (χ2n) is 9.05. The molecule has 0 saturated carbocycles. The highest BCUT2D eigenvalue weighted by Crippen LogP contribution is 2.40. The number of sulfonamides is 1. The molecule has 1 aliphatic heterocycles. The van der Waals surface area contributed by atoms with E-state index in [1.165, 1.54) is 49.4 Å². The van der Waals surface area contributed by atoms with Gasteiger partial charge in [0.15, 0.2) is 0 Å². The maximum absolute atomic E-state index is 14.2. The van der Waals surface area contributed by atoms with Crippen molar-refractivity contribution in [1.29, 1.82) is 0 Å². The molecule has 0 spiro atoms. The van der Waals surface area contributed by atoms with Crippen LogP contribution in [-0.4, -0.2) is 50.5 Å². The zero-order valence-electron chi connectivity index (χ0n) is 21.9. The lowest BCUT2D eigenvalue weighted by molar-refractivity contribution is -0.137. The Morgan fingerprint density at radius 2 is 2.02 bits per heavy atom. The van der Waals surface area contributed by atoms with E-state index in [-0.39, 0.29) is 70.9 Å². The fraction of sp³-hybridized carbons (Fsp3) is 0.321. The smallest absolute Gasteiger partial charge is 0.303 e. The van der Waals surface area contributed by atoms with Gasteiger partial charge in [-0.3, -0.25) is 9.10 Å². The molecule has 0 saturated heterocycles. The molecule has 2 aromatic carbocycles. The summed E-state index contributed by atoms with van der Waals surface area (Å²) in [5.41, 5.74) is 0.483. The number of carbonyl (C=O) groups is 1. The number of aliphatic carboxylic acids is 1. The summed E-state index contributed by atoms with van der Waals surface area (Å²) in [7, 11) is -4.29. The number of nitrogens with zero attached hydrogens (tertiary/aromatic N) is 1. The number of aliphatic hydroxyl groups excluding tert-OH is 1. The predicted octanol–water partition coefficient (Wildman–Crippen LogP) is 5.81. The van der Waals surface area contributed by atoms with Crippen molar-refractivity contribution in [2.75, 3.05) is 24.1 Å². The van der Waals surface area contributed by atoms with Crippen LogP contribution in [0.5, 0.6) is 5.75 Å². The van der Waals surface area contributed by atoms with E-state index in [1.54, 1.807) is 6.07 Å². The fourth-order valence-electron chi connectivity index (χ4n) is 4.18. The molecule has 1 aliphatic rings. The highest BCUT2D eigenvalue weighted by atomic mass is 35.5. The Morgan fingerprint density at radius 1 is 1.30 bits per heavy atom. The molecule has 216 valence electrons. The van der Waals surface area contributed by atoms with Crippen LogP contribution in [0.1, 0.15) is 43.4 Å². The maximum Gasteiger partial charge on any atom is 0.303 e. The van der Waals surface area contributed by atoms with Gasteiger partial charge in [-0.05, 0) is 43.2 Å². The standard InChI is InChI=1S/C28H30ClF2NO7S/c1-4-26(18(2)38-15-14-33)40(36,37)32-17-20(10-13-27(34)35)39-25-12-9-19(16-24(25)32)8-11-21-22(28(3,30)31)6-5-7-23(21)29/h4-9,11-12,16,20,33H,1,10,13-15,17H2,2-3H3,(H,34,35). The number of ether oxygens (including phenoxy) is 2. The second kappa shape index (κ2) is 12.8. The Labute approximate surface area is 236 Å². The molecule has 1 heterocycles. The molecule has 1 unspecified atom stereocenters. The van der Waals surface area contributed by atoms with Crippen LogP contribution in [0.4, 0.5) is 14.5 Å². The Bertz CT molecular complexity index is 1430. The summed E-state index contributed by atoms with van der Waals surface area (Å²) in [4.78, 5) is 10.9. The number of fused-ring (bicyclic) bond motifs is 1. The molecule has 12 heteroatoms. The normalized spacial score (nSPS) is 16.2. The molecule has 2 N–H and O–H groups in total. The number of anilines is 1. The Hall–Kier alpha value is -3.41. The van der Waals surface area contributed by atoms with Gasteiger partial charge >= 0.3 is 5.97 Å². The minimum Gasteiger partial charge on any atom is -0.494 e. The quantitative estimate of drug-likeness (QED) is 0.180. The largest absolute Gasteiger partial charge is 0.494 e. The van der Waals surface area contributed by atoms with Crippen LogP contribution in [-0.2, 0) is 25.5 Å². The lowest BCUT2D eigenvalue weighted by atomic mass is 10.0. The first-order chi connectivity index (χ1) is 18.8. The molecule has 0 bridgehead atoms. The number of rotatable bonds is 12. The van der Waals surface area contributed by atoms with Crippen LogP contribution >= 0.6 is 11.6 Å². The minimum absolute atomic E-state index is 0.0157. The van der Waals surface area contributed by atoms with Crippen LogP contribution in [0.3, 0.4) is 0 Å². The molecule has 0 aromatic heterocycles. The Kier molecular flexibility index (Phi) is 9.99. The first kappa shape index (κ1) is 31.1. The molecule has 8 nitrogen and oxygen atoms in total. The van der Waals surface area contributed by atoms with Gasteiger partial charge in [0, 0.05) is 29.5 Å². The average molecular weight is 598 g/mol. The molecular weight excluding hydrogens is 568 g/mol. The number of hydrogen-bond acceptors (Lipinski definition) is 6. The van der Waals surface area contributed by atoms with Crippen molar-refractivity contribution in [3.63, 3.8) is 0 Å². The summed E-state index contributed by atoms with van der Waals surface area (Å²) in [5.74, 6) is -3.99. The van der Waals surface area contributed by atoms with E-state index in [0.717, 1.165) is 17.3 Å². The number of allylic oxidation sites excluding steroid dienone is 2. The summed E-state index contributed by atoms with van der Waals surface area (Å²) in [6.45, 7) is 5.15. The van der Waals surface area contributed by atoms with Crippen molar-refractivity contribution in [3.05, 3.63) is 81.4 Å². The van der Waals surface area contributed by atoms with E-state index in [2.05, 4.69) is 6.58 Å². The third-order valence-corrected chi connectivity index (χ3v) is 8.34. The summed E-state index contributed by atoms with van der Waals surface area (Å²) >= 11 is 6.21. The van der Waals surface area contributed by atoms with Gasteiger partial charge in [-0.25, -0.2) is 17.2 Å². The summed E-state index contributed by atoms with van der Waals surface area (Å²) in [5, 5.41) is 18.3. The highest BCUT2D eigenvalue weighted by Gasteiger charge is 2.36. The van der Waals surface area contributed by atoms with E-state index in [0.29, 0.717) is 5.56 Å². The van der Waals surface area contributed by atoms with Crippen LogP contribution in [0.2, 0.25) is 5.02 Å². The van der Waals surface area contributed by atoms with Crippen molar-refractivity contribution >= 4 is 45.4 Å². The topological polar surface area (TPSA) is 113 Å². The number of carboxylic acids is 1. The molecule has 0 amide bonds. The molecule has 3 rings (SSSR count). The lowest BCUT2D eigenvalue weighted by Gasteiger charge is -2.36. The van der Waals surface area contributed by atoms with Crippen LogP contribution < -0.4 is 9.04 Å². The van der Waals surface area contributed by atoms with Gasteiger partial charge in [-0.15, -0.1) is 0 Å². The Morgan fingerprint density at radius 3 is 2.65 bits per heavy atom. The van der Waals surface area contributed by atoms with E-state index >= 15 is 0 Å². The van der Waals surface area contributed by atoms with Gasteiger partial charge < -0.3 is 19.7 Å². The van der Waals surface area contributed by atoms with Gasteiger partial charge in [-0.1, -0.05) is 48.5 Å². The van der Waals surface area contributed by atoms with Gasteiger partial charge in [0.2, 0.25) is 0 Å². The molecule has 0 aliphatic carbocycles. The first-order valence-electron chi connectivity index (χ1n) is 12.3. The second-order valence-corrected chi connectivity index (χ2v) is 11.3. The van der Waals surface area contributed by atoms with Gasteiger partial charge in [0.25, 0.3) is 15.9 Å². The summed E-state index contributed by atoms with van der Waals surface area (Å²) < 4.78 is 68.3. The van der Waals surface area contributed by atoms with Crippen molar-refractivity contribution in [1.82, 2.24) is 0 Å². The van der Waals surface area contributed by atoms with E-state index in [9.17, 15) is 22.0 Å². The van der Waals surface area contributed by atoms with E-state index < -0.39 is 28.0 Å². The summed E-state index contributed by atoms with van der Waals surface area (Å²) in [6.07, 6.45) is 3.13. The van der Waals surface area contributed by atoms with E-state index in [4.69, 9.17) is 31.3 Å². The SMILES string of the molecule is C=CC(=C(C)OCCO)S(=O)(=O)N1CC(CCC(=O)O)Oc2ccc(C=Cc3c(Cl)cccc3C(C)(F)F)cc21. The number of alkyl halides is 2. The van der Waals surface area contributed by atoms with Crippen LogP contribution in [0, 0.1) is 0 Å². The van der Waals surface area contributed by atoms with Crippen molar-refractivity contribution in [2.45, 2.75) is 38.7 Å². The molecule has 2 aromatic rings. The van der Waals surface area contributed by atoms with E-state index in [1.807, 2.05) is 0 Å². The van der Waals surface area contributed by atoms with Crippen molar-refractivity contribution < 1.29 is 41.7 Å². The predicted molar refractivity (Wildman–Crippen MR) is 150 cm³/mol. The lowest BCUT2D eigenvalue weighted by Crippen LogP contribution is -2.44. The van der Waals surface area contributed by atoms with Gasteiger partial charge in [0.1, 0.15) is 29.1 Å². The monoisotopic (exact) mass is 597 g/mol. The number of hydrogen-bond donors (Lipinski definition) is 2. The average Bonchev–Trinajstić information content (AvgIpc) is 2.89. The minimum atomic E-state index is -4.29. The molecule has 40 heavy (non-hydrogen) atoms. The molecule has 0 fully saturated rings. The zero-order chi connectivity index (χ0) is 29.7. The zero-order valence-corrected chi connectivity index (χ0v) is 23.5. The third-order valence-electron chi connectivity index (χ3n) is 6.07.